The minimum Gasteiger partial charge on any atom is -0.289 e. The zero-order valence-electron chi connectivity index (χ0n) is 8.43. The predicted molar refractivity (Wildman–Crippen MR) is 58.7 cm³/mol. The van der Waals surface area contributed by atoms with Crippen molar-refractivity contribution in [3.63, 3.8) is 0 Å². The van der Waals surface area contributed by atoms with Gasteiger partial charge in [0.15, 0.2) is 0 Å². The molecule has 2 rings (SSSR count). The molecule has 1 heterocycles. The molecule has 2 aromatic rings. The van der Waals surface area contributed by atoms with E-state index >= 15 is 0 Å². The Bertz CT molecular complexity index is 513. The number of hydrogen-bond donors (Lipinski definition) is 1. The van der Waals surface area contributed by atoms with Crippen LogP contribution in [0.3, 0.4) is 0 Å². The Balaban J connectivity index is 2.39. The Labute approximate surface area is 96.4 Å². The fourth-order valence-corrected chi connectivity index (χ4v) is 1.42. The maximum absolute atomic E-state index is 12.9. The molecule has 6 heteroatoms. The number of benzene rings is 1. The molecule has 1 aromatic carbocycles. The van der Waals surface area contributed by atoms with Crippen LogP contribution in [-0.2, 0) is 0 Å². The van der Waals surface area contributed by atoms with Gasteiger partial charge in [-0.25, -0.2) is 9.07 Å². The first kappa shape index (κ1) is 10.9. The number of aromatic nitrogens is 2. The van der Waals surface area contributed by atoms with E-state index in [4.69, 9.17) is 11.6 Å². The summed E-state index contributed by atoms with van der Waals surface area (Å²) in [7, 11) is 1.49. The number of rotatable bonds is 2. The van der Waals surface area contributed by atoms with Crippen LogP contribution < -0.4 is 5.06 Å². The molecule has 0 bridgehead atoms. The normalized spacial score (nSPS) is 10.5. The highest BCUT2D eigenvalue weighted by molar-refractivity contribution is 6.30. The second-order valence-corrected chi connectivity index (χ2v) is 3.67. The Morgan fingerprint density at radius 3 is 2.81 bits per heavy atom. The predicted octanol–water partition coefficient (Wildman–Crippen LogP) is 2.49. The molecule has 0 unspecified atom stereocenters. The average molecular weight is 242 g/mol. The first-order valence-corrected chi connectivity index (χ1v) is 4.88. The molecule has 0 saturated carbocycles. The van der Waals surface area contributed by atoms with Gasteiger partial charge in [-0.05, 0) is 18.2 Å². The summed E-state index contributed by atoms with van der Waals surface area (Å²) in [6.45, 7) is 0. The van der Waals surface area contributed by atoms with Crippen molar-refractivity contribution in [2.75, 3.05) is 12.1 Å². The fourth-order valence-electron chi connectivity index (χ4n) is 1.25. The molecule has 1 aromatic heterocycles. The van der Waals surface area contributed by atoms with Crippen molar-refractivity contribution < 1.29 is 9.60 Å². The highest BCUT2D eigenvalue weighted by atomic mass is 35.5. The Kier molecular flexibility index (Phi) is 2.80. The molecule has 84 valence electrons. The maximum Gasteiger partial charge on any atom is 0.141 e. The SMILES string of the molecule is CN(O)c1cnn(-c2ccc(F)c(Cl)c2)c1. The van der Waals surface area contributed by atoms with Crippen LogP contribution in [0.5, 0.6) is 0 Å². The summed E-state index contributed by atoms with van der Waals surface area (Å²) < 4.78 is 14.4. The van der Waals surface area contributed by atoms with Crippen LogP contribution >= 0.6 is 11.6 Å². The molecule has 0 saturated heterocycles. The minimum absolute atomic E-state index is 0.0342. The van der Waals surface area contributed by atoms with Gasteiger partial charge in [0.25, 0.3) is 0 Å². The zero-order valence-corrected chi connectivity index (χ0v) is 9.19. The van der Waals surface area contributed by atoms with Crippen molar-refractivity contribution in [1.82, 2.24) is 9.78 Å². The average Bonchev–Trinajstić information content (AvgIpc) is 2.71. The van der Waals surface area contributed by atoms with Crippen LogP contribution in [0.1, 0.15) is 0 Å². The van der Waals surface area contributed by atoms with Gasteiger partial charge in [-0.3, -0.25) is 10.3 Å². The number of anilines is 1. The lowest BCUT2D eigenvalue weighted by molar-refractivity contribution is 0.279. The van der Waals surface area contributed by atoms with E-state index in [9.17, 15) is 9.60 Å². The summed E-state index contributed by atoms with van der Waals surface area (Å²) in [6, 6.07) is 4.28. The van der Waals surface area contributed by atoms with Crippen LogP contribution in [-0.4, -0.2) is 22.0 Å². The van der Waals surface area contributed by atoms with E-state index in [0.29, 0.717) is 11.4 Å². The third-order valence-electron chi connectivity index (χ3n) is 2.11. The molecular weight excluding hydrogens is 233 g/mol. The van der Waals surface area contributed by atoms with Crippen molar-refractivity contribution in [2.24, 2.45) is 0 Å². The molecule has 0 spiro atoms. The monoisotopic (exact) mass is 241 g/mol. The van der Waals surface area contributed by atoms with Crippen LogP contribution in [0, 0.1) is 5.82 Å². The minimum atomic E-state index is -0.475. The number of halogens is 2. The summed E-state index contributed by atoms with van der Waals surface area (Å²) in [5, 5.41) is 14.2. The second kappa shape index (κ2) is 4.11. The molecule has 0 aliphatic rings. The van der Waals surface area contributed by atoms with E-state index in [1.165, 1.54) is 30.1 Å². The van der Waals surface area contributed by atoms with E-state index in [1.807, 2.05) is 0 Å². The Morgan fingerprint density at radius 1 is 1.50 bits per heavy atom. The van der Waals surface area contributed by atoms with Gasteiger partial charge in [-0.2, -0.15) is 5.10 Å². The fraction of sp³-hybridized carbons (Fsp3) is 0.100. The van der Waals surface area contributed by atoms with Crippen molar-refractivity contribution in [3.05, 3.63) is 41.4 Å². The van der Waals surface area contributed by atoms with Crippen LogP contribution in [0.15, 0.2) is 30.6 Å². The van der Waals surface area contributed by atoms with Crippen molar-refractivity contribution in [3.8, 4) is 5.69 Å². The third-order valence-corrected chi connectivity index (χ3v) is 2.40. The van der Waals surface area contributed by atoms with Crippen LogP contribution in [0.25, 0.3) is 5.69 Å². The van der Waals surface area contributed by atoms with Crippen LogP contribution in [0.4, 0.5) is 10.1 Å². The number of nitrogens with zero attached hydrogens (tertiary/aromatic N) is 3. The van der Waals surface area contributed by atoms with Gasteiger partial charge < -0.3 is 0 Å². The summed E-state index contributed by atoms with van der Waals surface area (Å²) in [5.41, 5.74) is 1.15. The third kappa shape index (κ3) is 2.00. The molecule has 0 radical (unpaired) electrons. The molecule has 0 aliphatic carbocycles. The smallest absolute Gasteiger partial charge is 0.141 e. The van der Waals surface area contributed by atoms with Crippen molar-refractivity contribution in [2.45, 2.75) is 0 Å². The molecular formula is C10H9ClFN3O. The molecule has 1 N–H and O–H groups in total. The van der Waals surface area contributed by atoms with Gasteiger partial charge in [-0.15, -0.1) is 0 Å². The quantitative estimate of drug-likeness (QED) is 0.822. The van der Waals surface area contributed by atoms with E-state index in [1.54, 1.807) is 12.3 Å². The van der Waals surface area contributed by atoms with Crippen LogP contribution in [0.2, 0.25) is 5.02 Å². The largest absolute Gasteiger partial charge is 0.289 e. The number of hydroxylamine groups is 1. The first-order valence-electron chi connectivity index (χ1n) is 4.50. The van der Waals surface area contributed by atoms with Gasteiger partial charge in [0.1, 0.15) is 11.5 Å². The topological polar surface area (TPSA) is 41.3 Å². The Hall–Kier alpha value is -1.59. The molecule has 0 fully saturated rings. The van der Waals surface area contributed by atoms with Gasteiger partial charge in [0.2, 0.25) is 0 Å². The van der Waals surface area contributed by atoms with E-state index in [2.05, 4.69) is 5.10 Å². The maximum atomic E-state index is 12.9. The summed E-state index contributed by atoms with van der Waals surface area (Å²) in [6.07, 6.45) is 3.08. The molecule has 0 amide bonds. The molecule has 4 nitrogen and oxygen atoms in total. The standard InChI is InChI=1S/C10H9ClFN3O/c1-14(16)8-5-13-15(6-8)7-2-3-10(12)9(11)4-7/h2-6,16H,1H3. The lowest BCUT2D eigenvalue weighted by Crippen LogP contribution is -2.08. The first-order chi connectivity index (χ1) is 7.58. The molecule has 16 heavy (non-hydrogen) atoms. The zero-order chi connectivity index (χ0) is 11.7. The molecule has 0 atom stereocenters. The van der Waals surface area contributed by atoms with E-state index < -0.39 is 5.82 Å². The Morgan fingerprint density at radius 2 is 2.25 bits per heavy atom. The summed E-state index contributed by atoms with van der Waals surface area (Å²) >= 11 is 5.66. The highest BCUT2D eigenvalue weighted by Gasteiger charge is 2.05. The summed E-state index contributed by atoms with van der Waals surface area (Å²) in [5.74, 6) is -0.475. The lowest BCUT2D eigenvalue weighted by Gasteiger charge is -2.05. The molecule has 0 aliphatic heterocycles. The van der Waals surface area contributed by atoms with Gasteiger partial charge in [0.05, 0.1) is 23.1 Å². The number of hydrogen-bond acceptors (Lipinski definition) is 3. The van der Waals surface area contributed by atoms with Gasteiger partial charge in [0, 0.05) is 7.05 Å². The summed E-state index contributed by atoms with van der Waals surface area (Å²) in [4.78, 5) is 0. The second-order valence-electron chi connectivity index (χ2n) is 3.27. The lowest BCUT2D eigenvalue weighted by atomic mass is 10.3. The van der Waals surface area contributed by atoms with E-state index in [0.717, 1.165) is 5.06 Å². The van der Waals surface area contributed by atoms with Gasteiger partial charge in [-0.1, -0.05) is 11.6 Å². The van der Waals surface area contributed by atoms with Gasteiger partial charge >= 0.3 is 0 Å². The van der Waals surface area contributed by atoms with Crippen molar-refractivity contribution in [1.29, 1.82) is 0 Å². The highest BCUT2D eigenvalue weighted by Crippen LogP contribution is 2.20. The van der Waals surface area contributed by atoms with Crippen molar-refractivity contribution >= 4 is 17.3 Å². The van der Waals surface area contributed by atoms with E-state index in [-0.39, 0.29) is 5.02 Å².